The van der Waals surface area contributed by atoms with Crippen molar-refractivity contribution in [2.75, 3.05) is 6.54 Å². The molecule has 10 heteroatoms. The summed E-state index contributed by atoms with van der Waals surface area (Å²) in [6.07, 6.45) is 9.88. The molecular formula is C30H31FN8O. The standard InChI is InChI=1S/C30H31FN8O/c1-36-13-18(12-34-36)15-39-27-22(31)9-21(30(40)38-16-20-6-7-24(38)26(20)32)10-23(27)35-29(39)25-11-19-3-2-8-33-28(19)37(25)14-17-4-5-17/h2-3,8-13,17,20,24,26H,4-7,14-16,32H2,1H3/t20?,24?,26-/m1/s1. The fourth-order valence-electron chi connectivity index (χ4n) is 6.89. The Morgan fingerprint density at radius 3 is 2.75 bits per heavy atom. The molecule has 40 heavy (non-hydrogen) atoms. The number of nitrogens with two attached hydrogens (primary N) is 1. The van der Waals surface area contributed by atoms with E-state index in [-0.39, 0.29) is 18.0 Å². The van der Waals surface area contributed by atoms with Gasteiger partial charge in [0.2, 0.25) is 0 Å². The number of pyridine rings is 1. The Labute approximate surface area is 230 Å². The number of halogens is 1. The molecule has 1 aliphatic heterocycles. The zero-order valence-corrected chi connectivity index (χ0v) is 22.4. The zero-order chi connectivity index (χ0) is 27.1. The van der Waals surface area contributed by atoms with Gasteiger partial charge in [0.25, 0.3) is 5.91 Å². The van der Waals surface area contributed by atoms with Gasteiger partial charge in [-0.05, 0) is 67.9 Å². The lowest BCUT2D eigenvalue weighted by molar-refractivity contribution is 0.0700. The predicted molar refractivity (Wildman–Crippen MR) is 149 cm³/mol. The summed E-state index contributed by atoms with van der Waals surface area (Å²) in [7, 11) is 1.87. The maximum atomic E-state index is 16.1. The molecule has 2 N–H and O–H groups in total. The van der Waals surface area contributed by atoms with E-state index >= 15 is 4.39 Å². The third-order valence-corrected chi connectivity index (χ3v) is 9.08. The van der Waals surface area contributed by atoms with Crippen LogP contribution in [0.5, 0.6) is 0 Å². The molecule has 0 radical (unpaired) electrons. The third-order valence-electron chi connectivity index (χ3n) is 9.08. The maximum Gasteiger partial charge on any atom is 0.254 e. The van der Waals surface area contributed by atoms with Crippen molar-refractivity contribution in [1.29, 1.82) is 0 Å². The number of hydrogen-bond donors (Lipinski definition) is 1. The van der Waals surface area contributed by atoms with Crippen LogP contribution in [0.4, 0.5) is 4.39 Å². The number of carbonyl (C=O) groups is 1. The van der Waals surface area contributed by atoms with Crippen LogP contribution in [-0.4, -0.2) is 58.3 Å². The highest BCUT2D eigenvalue weighted by molar-refractivity contribution is 5.99. The van der Waals surface area contributed by atoms with E-state index in [1.807, 2.05) is 35.0 Å². The first-order valence-electron chi connectivity index (χ1n) is 14.1. The van der Waals surface area contributed by atoms with Gasteiger partial charge < -0.3 is 19.8 Å². The number of piperidine rings is 1. The van der Waals surface area contributed by atoms with Gasteiger partial charge in [0, 0.05) is 61.1 Å². The number of imidazole rings is 1. The fraction of sp³-hybridized carbons (Fsp3) is 0.400. The van der Waals surface area contributed by atoms with Gasteiger partial charge in [-0.2, -0.15) is 5.10 Å². The van der Waals surface area contributed by atoms with Crippen LogP contribution in [0.15, 0.2) is 48.9 Å². The van der Waals surface area contributed by atoms with Crippen LogP contribution in [0, 0.1) is 17.7 Å². The largest absolute Gasteiger partial charge is 0.334 e. The van der Waals surface area contributed by atoms with Gasteiger partial charge in [-0.3, -0.25) is 9.48 Å². The summed E-state index contributed by atoms with van der Waals surface area (Å²) in [4.78, 5) is 25.1. The third kappa shape index (κ3) is 3.69. The quantitative estimate of drug-likeness (QED) is 0.353. The van der Waals surface area contributed by atoms with Crippen molar-refractivity contribution < 1.29 is 9.18 Å². The highest BCUT2D eigenvalue weighted by atomic mass is 19.1. The topological polar surface area (TPSA) is 99.8 Å². The lowest BCUT2D eigenvalue weighted by Gasteiger charge is -2.27. The molecule has 2 unspecified atom stereocenters. The second-order valence-corrected chi connectivity index (χ2v) is 11.8. The van der Waals surface area contributed by atoms with Crippen molar-refractivity contribution in [1.82, 2.24) is 33.8 Å². The highest BCUT2D eigenvalue weighted by Gasteiger charge is 2.47. The van der Waals surface area contributed by atoms with Crippen LogP contribution in [0.2, 0.25) is 0 Å². The molecule has 2 bridgehead atoms. The number of hydrogen-bond acceptors (Lipinski definition) is 5. The molecule has 2 aliphatic carbocycles. The zero-order valence-electron chi connectivity index (χ0n) is 22.4. The Kier molecular flexibility index (Phi) is 5.19. The molecule has 1 aromatic carbocycles. The van der Waals surface area contributed by atoms with Crippen molar-refractivity contribution in [2.45, 2.75) is 50.9 Å². The molecule has 5 heterocycles. The highest BCUT2D eigenvalue weighted by Crippen LogP contribution is 2.39. The van der Waals surface area contributed by atoms with E-state index in [9.17, 15) is 4.79 Å². The summed E-state index contributed by atoms with van der Waals surface area (Å²) < 4.78 is 22.0. The SMILES string of the molecule is Cn1cc(Cn2c(-c3cc4cccnc4n3CC3CC3)nc3cc(C(=O)N4CC5CCC4[C@@H]5N)cc(F)c32)cn1. The van der Waals surface area contributed by atoms with E-state index in [4.69, 9.17) is 10.7 Å². The predicted octanol–water partition coefficient (Wildman–Crippen LogP) is 3.95. The molecule has 4 aromatic heterocycles. The molecular weight excluding hydrogens is 507 g/mol. The van der Waals surface area contributed by atoms with Crippen LogP contribution in [-0.2, 0) is 20.1 Å². The number of fused-ring (bicyclic) bond motifs is 4. The Morgan fingerprint density at radius 2 is 2.02 bits per heavy atom. The van der Waals surface area contributed by atoms with E-state index in [0.29, 0.717) is 47.3 Å². The monoisotopic (exact) mass is 538 g/mol. The summed E-state index contributed by atoms with van der Waals surface area (Å²) in [5, 5.41) is 5.34. The minimum absolute atomic E-state index is 0.00446. The molecule has 9 nitrogen and oxygen atoms in total. The van der Waals surface area contributed by atoms with Crippen molar-refractivity contribution >= 4 is 28.0 Å². The average molecular weight is 539 g/mol. The molecule has 1 saturated heterocycles. The van der Waals surface area contributed by atoms with Crippen molar-refractivity contribution in [2.24, 2.45) is 24.6 Å². The minimum atomic E-state index is -0.458. The number of rotatable bonds is 6. The smallest absolute Gasteiger partial charge is 0.254 e. The molecule has 3 fully saturated rings. The summed E-state index contributed by atoms with van der Waals surface area (Å²) in [5.74, 6) is 0.965. The Hall–Kier alpha value is -4.05. The van der Waals surface area contributed by atoms with E-state index in [2.05, 4.69) is 26.8 Å². The number of carbonyl (C=O) groups excluding carboxylic acids is 1. The van der Waals surface area contributed by atoms with Gasteiger partial charge in [-0.25, -0.2) is 14.4 Å². The average Bonchev–Trinajstić information content (AvgIpc) is 3.22. The second-order valence-electron chi connectivity index (χ2n) is 11.8. The molecule has 3 atom stereocenters. The Morgan fingerprint density at radius 1 is 1.15 bits per heavy atom. The van der Waals surface area contributed by atoms with Gasteiger partial charge in [0.1, 0.15) is 17.0 Å². The number of aryl methyl sites for hydroxylation is 1. The summed E-state index contributed by atoms with van der Waals surface area (Å²) in [6, 6.07) is 9.22. The van der Waals surface area contributed by atoms with Crippen LogP contribution >= 0.6 is 0 Å². The van der Waals surface area contributed by atoms with Gasteiger partial charge in [-0.1, -0.05) is 0 Å². The van der Waals surface area contributed by atoms with Gasteiger partial charge in [0.05, 0.1) is 24.0 Å². The lowest BCUT2D eigenvalue weighted by atomic mass is 10.1. The summed E-state index contributed by atoms with van der Waals surface area (Å²) >= 11 is 0. The molecule has 5 aromatic rings. The number of amides is 1. The second kappa shape index (κ2) is 8.72. The molecule has 8 rings (SSSR count). The number of aromatic nitrogens is 6. The van der Waals surface area contributed by atoms with Crippen molar-refractivity contribution in [3.8, 4) is 11.5 Å². The van der Waals surface area contributed by atoms with Crippen LogP contribution < -0.4 is 5.73 Å². The van der Waals surface area contributed by atoms with E-state index in [1.54, 1.807) is 16.9 Å². The Bertz CT molecular complexity index is 1800. The molecule has 1 amide bonds. The fourth-order valence-corrected chi connectivity index (χ4v) is 6.89. The van der Waals surface area contributed by atoms with Crippen LogP contribution in [0.1, 0.15) is 41.6 Å². The van der Waals surface area contributed by atoms with Gasteiger partial charge >= 0.3 is 0 Å². The van der Waals surface area contributed by atoms with Crippen LogP contribution in [0.3, 0.4) is 0 Å². The van der Waals surface area contributed by atoms with E-state index in [1.165, 1.54) is 18.9 Å². The van der Waals surface area contributed by atoms with Gasteiger partial charge in [0.15, 0.2) is 5.82 Å². The first kappa shape index (κ1) is 23.8. The first-order valence-corrected chi connectivity index (χ1v) is 14.1. The van der Waals surface area contributed by atoms with Crippen molar-refractivity contribution in [3.63, 3.8) is 0 Å². The minimum Gasteiger partial charge on any atom is -0.334 e. The number of likely N-dealkylation sites (tertiary alicyclic amines) is 1. The maximum absolute atomic E-state index is 16.1. The number of benzene rings is 1. The normalized spacial score (nSPS) is 22.3. The first-order chi connectivity index (χ1) is 19.4. The van der Waals surface area contributed by atoms with Crippen molar-refractivity contribution in [3.05, 3.63) is 65.9 Å². The van der Waals surface area contributed by atoms with E-state index in [0.717, 1.165) is 41.7 Å². The van der Waals surface area contributed by atoms with E-state index < -0.39 is 5.82 Å². The summed E-state index contributed by atoms with van der Waals surface area (Å²) in [5.41, 5.74) is 10.3. The summed E-state index contributed by atoms with van der Waals surface area (Å²) in [6.45, 7) is 1.88. The number of nitrogens with zero attached hydrogens (tertiary/aromatic N) is 7. The Balaban J connectivity index is 1.29. The molecule has 204 valence electrons. The van der Waals surface area contributed by atoms with Gasteiger partial charge in [-0.15, -0.1) is 0 Å². The molecule has 0 spiro atoms. The molecule has 3 aliphatic rings. The lowest BCUT2D eigenvalue weighted by Crippen LogP contribution is -2.41. The van der Waals surface area contributed by atoms with Crippen LogP contribution in [0.25, 0.3) is 33.6 Å². The molecule has 2 saturated carbocycles.